The van der Waals surface area contributed by atoms with Crippen LogP contribution in [0.1, 0.15) is 66.1 Å². The third-order valence-electron chi connectivity index (χ3n) is 3.18. The van der Waals surface area contributed by atoms with Crippen molar-refractivity contribution in [2.24, 2.45) is 0 Å². The van der Waals surface area contributed by atoms with Gasteiger partial charge in [0.15, 0.2) is 0 Å². The maximum atomic E-state index is 4.76. The molecule has 0 aliphatic carbocycles. The SMILES string of the molecule is CCCNc1cc(N(CCC)C(C)C)nc(C(C)C)n1. The summed E-state index contributed by atoms with van der Waals surface area (Å²) >= 11 is 0. The van der Waals surface area contributed by atoms with Crippen molar-refractivity contribution >= 4 is 11.6 Å². The number of nitrogens with one attached hydrogen (secondary N) is 1. The Morgan fingerprint density at radius 3 is 2.30 bits per heavy atom. The Morgan fingerprint density at radius 2 is 1.80 bits per heavy atom. The van der Waals surface area contributed by atoms with Crippen LogP contribution in [0.2, 0.25) is 0 Å². The van der Waals surface area contributed by atoms with Crippen molar-refractivity contribution in [2.75, 3.05) is 23.3 Å². The smallest absolute Gasteiger partial charge is 0.135 e. The molecule has 0 aliphatic heterocycles. The summed E-state index contributed by atoms with van der Waals surface area (Å²) in [5, 5.41) is 3.39. The van der Waals surface area contributed by atoms with E-state index in [0.717, 1.165) is 43.4 Å². The second kappa shape index (κ2) is 8.08. The number of aromatic nitrogens is 2. The van der Waals surface area contributed by atoms with Crippen LogP contribution in [0.25, 0.3) is 0 Å². The molecule has 4 heteroatoms. The Balaban J connectivity index is 3.11. The van der Waals surface area contributed by atoms with Crippen LogP contribution in [-0.2, 0) is 0 Å². The van der Waals surface area contributed by atoms with Gasteiger partial charge in [0.05, 0.1) is 0 Å². The van der Waals surface area contributed by atoms with E-state index in [1.807, 2.05) is 0 Å². The van der Waals surface area contributed by atoms with E-state index in [0.29, 0.717) is 12.0 Å². The number of hydrogen-bond donors (Lipinski definition) is 1. The zero-order valence-corrected chi connectivity index (χ0v) is 13.9. The molecule has 114 valence electrons. The van der Waals surface area contributed by atoms with Crippen LogP contribution in [0.15, 0.2) is 6.07 Å². The van der Waals surface area contributed by atoms with Crippen molar-refractivity contribution < 1.29 is 0 Å². The van der Waals surface area contributed by atoms with E-state index >= 15 is 0 Å². The van der Waals surface area contributed by atoms with E-state index in [2.05, 4.69) is 62.8 Å². The standard InChI is InChI=1S/C16H30N4/c1-7-9-17-14-11-15(19-16(18-14)12(3)4)20(10-8-2)13(5)6/h11-13H,7-10H2,1-6H3,(H,17,18,19). The molecule has 0 spiro atoms. The van der Waals surface area contributed by atoms with Crippen LogP contribution in [0.5, 0.6) is 0 Å². The molecule has 0 saturated carbocycles. The molecule has 0 unspecified atom stereocenters. The number of hydrogen-bond acceptors (Lipinski definition) is 4. The monoisotopic (exact) mass is 278 g/mol. The lowest BCUT2D eigenvalue weighted by Crippen LogP contribution is -2.32. The van der Waals surface area contributed by atoms with Gasteiger partial charge >= 0.3 is 0 Å². The first kappa shape index (κ1) is 16.7. The van der Waals surface area contributed by atoms with Crippen LogP contribution in [-0.4, -0.2) is 29.1 Å². The first-order chi connectivity index (χ1) is 9.49. The fourth-order valence-electron chi connectivity index (χ4n) is 2.08. The maximum absolute atomic E-state index is 4.76. The fourth-order valence-corrected chi connectivity index (χ4v) is 2.08. The van der Waals surface area contributed by atoms with E-state index in [-0.39, 0.29) is 0 Å². The van der Waals surface area contributed by atoms with Gasteiger partial charge in [-0.2, -0.15) is 0 Å². The van der Waals surface area contributed by atoms with E-state index < -0.39 is 0 Å². The van der Waals surface area contributed by atoms with Gasteiger partial charge < -0.3 is 10.2 Å². The van der Waals surface area contributed by atoms with E-state index in [1.54, 1.807) is 0 Å². The summed E-state index contributed by atoms with van der Waals surface area (Å²) in [6.45, 7) is 15.1. The Labute approximate surface area is 124 Å². The highest BCUT2D eigenvalue weighted by molar-refractivity contribution is 5.50. The van der Waals surface area contributed by atoms with Crippen LogP contribution < -0.4 is 10.2 Å². The molecule has 4 nitrogen and oxygen atoms in total. The van der Waals surface area contributed by atoms with Gasteiger partial charge in [0, 0.05) is 31.1 Å². The molecule has 1 aromatic heterocycles. The highest BCUT2D eigenvalue weighted by atomic mass is 15.2. The molecule has 0 bridgehead atoms. The minimum absolute atomic E-state index is 0.341. The van der Waals surface area contributed by atoms with Crippen molar-refractivity contribution in [3.05, 3.63) is 11.9 Å². The summed E-state index contributed by atoms with van der Waals surface area (Å²) < 4.78 is 0. The molecule has 0 atom stereocenters. The van der Waals surface area contributed by atoms with Crippen molar-refractivity contribution in [2.45, 2.75) is 66.3 Å². The van der Waals surface area contributed by atoms with Gasteiger partial charge in [-0.3, -0.25) is 0 Å². The molecule has 1 N–H and O–H groups in total. The van der Waals surface area contributed by atoms with Crippen molar-refractivity contribution in [1.82, 2.24) is 9.97 Å². The molecular weight excluding hydrogens is 248 g/mol. The number of nitrogens with zero attached hydrogens (tertiary/aromatic N) is 3. The summed E-state index contributed by atoms with van der Waals surface area (Å²) in [4.78, 5) is 11.7. The molecule has 0 fully saturated rings. The quantitative estimate of drug-likeness (QED) is 0.779. The molecule has 1 rings (SSSR count). The third-order valence-corrected chi connectivity index (χ3v) is 3.18. The molecule has 0 amide bonds. The van der Waals surface area contributed by atoms with Gasteiger partial charge in [-0.25, -0.2) is 9.97 Å². The van der Waals surface area contributed by atoms with Crippen LogP contribution >= 0.6 is 0 Å². The highest BCUT2D eigenvalue weighted by Crippen LogP contribution is 2.22. The van der Waals surface area contributed by atoms with Gasteiger partial charge in [-0.15, -0.1) is 0 Å². The third kappa shape index (κ3) is 4.66. The predicted molar refractivity (Wildman–Crippen MR) is 87.7 cm³/mol. The lowest BCUT2D eigenvalue weighted by Gasteiger charge is -2.28. The molecule has 0 aromatic carbocycles. The lowest BCUT2D eigenvalue weighted by atomic mass is 10.2. The van der Waals surface area contributed by atoms with Gasteiger partial charge in [0.25, 0.3) is 0 Å². The predicted octanol–water partition coefficient (Wildman–Crippen LogP) is 4.05. The Kier molecular flexibility index (Phi) is 6.76. The molecule has 1 aromatic rings. The minimum Gasteiger partial charge on any atom is -0.370 e. The fraction of sp³-hybridized carbons (Fsp3) is 0.750. The summed E-state index contributed by atoms with van der Waals surface area (Å²) in [6.07, 6.45) is 2.22. The van der Waals surface area contributed by atoms with Crippen LogP contribution in [0.4, 0.5) is 11.6 Å². The van der Waals surface area contributed by atoms with E-state index in [1.165, 1.54) is 0 Å². The normalized spacial score (nSPS) is 11.2. The van der Waals surface area contributed by atoms with E-state index in [4.69, 9.17) is 4.98 Å². The summed E-state index contributed by atoms with van der Waals surface area (Å²) in [5.74, 6) is 3.25. The first-order valence-corrected chi connectivity index (χ1v) is 7.89. The van der Waals surface area contributed by atoms with Gasteiger partial charge in [-0.05, 0) is 26.7 Å². The maximum Gasteiger partial charge on any atom is 0.135 e. The Bertz CT molecular complexity index is 401. The largest absolute Gasteiger partial charge is 0.370 e. The van der Waals surface area contributed by atoms with Gasteiger partial charge in [0.1, 0.15) is 17.5 Å². The van der Waals surface area contributed by atoms with E-state index in [9.17, 15) is 0 Å². The molecular formula is C16H30N4. The topological polar surface area (TPSA) is 41.0 Å². The Morgan fingerprint density at radius 1 is 1.10 bits per heavy atom. The highest BCUT2D eigenvalue weighted by Gasteiger charge is 2.15. The second-order valence-electron chi connectivity index (χ2n) is 5.84. The average molecular weight is 278 g/mol. The van der Waals surface area contributed by atoms with Crippen LogP contribution in [0, 0.1) is 0 Å². The number of rotatable bonds is 8. The molecule has 1 heterocycles. The molecule has 0 saturated heterocycles. The lowest BCUT2D eigenvalue weighted by molar-refractivity contribution is 0.653. The average Bonchev–Trinajstić information content (AvgIpc) is 2.41. The second-order valence-corrected chi connectivity index (χ2v) is 5.84. The zero-order valence-electron chi connectivity index (χ0n) is 13.9. The zero-order chi connectivity index (χ0) is 15.1. The molecule has 20 heavy (non-hydrogen) atoms. The van der Waals surface area contributed by atoms with Gasteiger partial charge in [0.2, 0.25) is 0 Å². The first-order valence-electron chi connectivity index (χ1n) is 7.89. The molecule has 0 aliphatic rings. The van der Waals surface area contributed by atoms with Crippen molar-refractivity contribution in [3.63, 3.8) is 0 Å². The summed E-state index contributed by atoms with van der Waals surface area (Å²) in [7, 11) is 0. The minimum atomic E-state index is 0.341. The van der Waals surface area contributed by atoms with Crippen LogP contribution in [0.3, 0.4) is 0 Å². The Hall–Kier alpha value is -1.32. The summed E-state index contributed by atoms with van der Waals surface area (Å²) in [6, 6.07) is 2.53. The number of anilines is 2. The summed E-state index contributed by atoms with van der Waals surface area (Å²) in [5.41, 5.74) is 0. The van der Waals surface area contributed by atoms with Crippen molar-refractivity contribution in [1.29, 1.82) is 0 Å². The molecule has 0 radical (unpaired) electrons. The van der Waals surface area contributed by atoms with Crippen molar-refractivity contribution in [3.8, 4) is 0 Å². The van der Waals surface area contributed by atoms with Gasteiger partial charge in [-0.1, -0.05) is 27.7 Å².